The molecule has 1 aliphatic rings. The Kier molecular flexibility index (Phi) is 5.45. The molecule has 0 saturated carbocycles. The van der Waals surface area contributed by atoms with E-state index in [1.807, 2.05) is 0 Å². The van der Waals surface area contributed by atoms with Crippen LogP contribution in [0, 0.1) is 30.2 Å². The van der Waals surface area contributed by atoms with Crippen LogP contribution >= 0.6 is 0 Å². The summed E-state index contributed by atoms with van der Waals surface area (Å²) in [4.78, 5) is 3.99. The number of fused-ring (bicyclic) bond motifs is 1. The average molecular weight is 407 g/mol. The Hall–Kier alpha value is -2.61. The molecule has 0 bridgehead atoms. The monoisotopic (exact) mass is 407 g/mol. The summed E-state index contributed by atoms with van der Waals surface area (Å²) in [6.45, 7) is 4.53. The van der Waals surface area contributed by atoms with Crippen LogP contribution in [-0.2, 0) is 6.42 Å². The molecule has 1 aromatic heterocycles. The van der Waals surface area contributed by atoms with E-state index in [1.165, 1.54) is 19.1 Å². The van der Waals surface area contributed by atoms with Crippen LogP contribution in [0.15, 0.2) is 28.8 Å². The summed E-state index contributed by atoms with van der Waals surface area (Å²) < 4.78 is 59.9. The van der Waals surface area contributed by atoms with Crippen molar-refractivity contribution in [3.8, 4) is 0 Å². The van der Waals surface area contributed by atoms with Gasteiger partial charge in [0.1, 0.15) is 5.82 Å². The molecular formula is C21H21F4N3O. The van der Waals surface area contributed by atoms with Gasteiger partial charge in [-0.05, 0) is 38.4 Å². The first kappa shape index (κ1) is 19.7. The molecular weight excluding hydrogens is 386 g/mol. The first-order valence-corrected chi connectivity index (χ1v) is 9.59. The first-order valence-electron chi connectivity index (χ1n) is 9.59. The fourth-order valence-corrected chi connectivity index (χ4v) is 3.77. The SMILES string of the molecule is Cc1c(F)c(F)cc(N2CCN(CCCc3noc4cc(F)ccc34)CC2)c1F. The molecule has 4 rings (SSSR count). The van der Waals surface area contributed by atoms with Crippen LogP contribution in [0.1, 0.15) is 17.7 Å². The van der Waals surface area contributed by atoms with Crippen LogP contribution in [0.4, 0.5) is 23.2 Å². The van der Waals surface area contributed by atoms with Crippen LogP contribution in [0.25, 0.3) is 11.0 Å². The second-order valence-corrected chi connectivity index (χ2v) is 7.33. The van der Waals surface area contributed by atoms with Gasteiger partial charge in [0.25, 0.3) is 0 Å². The van der Waals surface area contributed by atoms with Gasteiger partial charge in [0.2, 0.25) is 0 Å². The number of aryl methyl sites for hydroxylation is 1. The van der Waals surface area contributed by atoms with Gasteiger partial charge in [0.05, 0.1) is 11.4 Å². The van der Waals surface area contributed by atoms with E-state index in [9.17, 15) is 17.6 Å². The van der Waals surface area contributed by atoms with E-state index < -0.39 is 17.5 Å². The molecule has 0 atom stereocenters. The zero-order chi connectivity index (χ0) is 20.5. The summed E-state index contributed by atoms with van der Waals surface area (Å²) >= 11 is 0. The first-order chi connectivity index (χ1) is 13.9. The summed E-state index contributed by atoms with van der Waals surface area (Å²) in [7, 11) is 0. The Labute approximate surface area is 165 Å². The number of hydrogen-bond donors (Lipinski definition) is 0. The molecule has 1 aliphatic heterocycles. The van der Waals surface area contributed by atoms with Crippen molar-refractivity contribution in [3.05, 3.63) is 58.8 Å². The quantitative estimate of drug-likeness (QED) is 0.462. The highest BCUT2D eigenvalue weighted by Gasteiger charge is 2.23. The van der Waals surface area contributed by atoms with Gasteiger partial charge in [-0.2, -0.15) is 0 Å². The molecule has 0 N–H and O–H groups in total. The molecule has 154 valence electrons. The number of aromatic nitrogens is 1. The zero-order valence-electron chi connectivity index (χ0n) is 16.0. The van der Waals surface area contributed by atoms with Crippen LogP contribution in [0.5, 0.6) is 0 Å². The molecule has 0 unspecified atom stereocenters. The molecule has 0 amide bonds. The van der Waals surface area contributed by atoms with Crippen molar-refractivity contribution in [1.82, 2.24) is 10.1 Å². The molecule has 2 heterocycles. The number of rotatable bonds is 5. The number of anilines is 1. The van der Waals surface area contributed by atoms with E-state index in [1.54, 1.807) is 11.0 Å². The van der Waals surface area contributed by atoms with Crippen LogP contribution in [0.2, 0.25) is 0 Å². The Balaban J connectivity index is 1.31. The van der Waals surface area contributed by atoms with Gasteiger partial charge in [-0.15, -0.1) is 0 Å². The third-order valence-electron chi connectivity index (χ3n) is 5.47. The number of hydrogen-bond acceptors (Lipinski definition) is 4. The number of nitrogens with zero attached hydrogens (tertiary/aromatic N) is 3. The normalized spacial score (nSPS) is 15.4. The van der Waals surface area contributed by atoms with E-state index in [4.69, 9.17) is 4.52 Å². The van der Waals surface area contributed by atoms with Crippen molar-refractivity contribution in [3.63, 3.8) is 0 Å². The molecule has 0 aliphatic carbocycles. The molecule has 0 spiro atoms. The summed E-state index contributed by atoms with van der Waals surface area (Å²) in [5.41, 5.74) is 1.07. The number of halogens is 4. The molecule has 2 aromatic carbocycles. The molecule has 3 aromatic rings. The van der Waals surface area contributed by atoms with Crippen molar-refractivity contribution >= 4 is 16.7 Å². The van der Waals surface area contributed by atoms with Gasteiger partial charge >= 0.3 is 0 Å². The molecule has 0 radical (unpaired) electrons. The second-order valence-electron chi connectivity index (χ2n) is 7.33. The molecule has 29 heavy (non-hydrogen) atoms. The van der Waals surface area contributed by atoms with Crippen molar-refractivity contribution < 1.29 is 22.1 Å². The maximum atomic E-state index is 14.3. The Morgan fingerprint density at radius 2 is 1.76 bits per heavy atom. The van der Waals surface area contributed by atoms with Crippen molar-refractivity contribution in [2.24, 2.45) is 0 Å². The fraction of sp³-hybridized carbons (Fsp3) is 0.381. The number of piperazine rings is 1. The molecule has 1 fully saturated rings. The Bertz CT molecular complexity index is 1030. The summed E-state index contributed by atoms with van der Waals surface area (Å²) in [5, 5.41) is 4.85. The van der Waals surface area contributed by atoms with Crippen LogP contribution in [0.3, 0.4) is 0 Å². The molecule has 1 saturated heterocycles. The highest BCUT2D eigenvalue weighted by atomic mass is 19.2. The largest absolute Gasteiger partial charge is 0.367 e. The highest BCUT2D eigenvalue weighted by Crippen LogP contribution is 2.27. The predicted molar refractivity (Wildman–Crippen MR) is 102 cm³/mol. The standard InChI is InChI=1S/C21H21F4N3O/c1-13-20(24)16(23)12-18(21(13)25)28-9-7-27(8-10-28)6-2-3-17-15-5-4-14(22)11-19(15)29-26-17/h4-5,11-12H,2-3,6-10H2,1H3. The van der Waals surface area contributed by atoms with E-state index in [0.717, 1.165) is 30.1 Å². The third kappa shape index (κ3) is 3.94. The molecule has 8 heteroatoms. The lowest BCUT2D eigenvalue weighted by atomic mass is 10.1. The predicted octanol–water partition coefficient (Wildman–Crippen LogP) is 4.45. The van der Waals surface area contributed by atoms with E-state index in [0.29, 0.717) is 38.2 Å². The minimum absolute atomic E-state index is 0.113. The minimum Gasteiger partial charge on any atom is -0.367 e. The van der Waals surface area contributed by atoms with Crippen molar-refractivity contribution in [1.29, 1.82) is 0 Å². The van der Waals surface area contributed by atoms with Crippen molar-refractivity contribution in [2.75, 3.05) is 37.6 Å². The van der Waals surface area contributed by atoms with Gasteiger partial charge in [0.15, 0.2) is 23.0 Å². The fourth-order valence-electron chi connectivity index (χ4n) is 3.77. The lowest BCUT2D eigenvalue weighted by Gasteiger charge is -2.36. The summed E-state index contributed by atoms with van der Waals surface area (Å²) in [5.74, 6) is -3.22. The topological polar surface area (TPSA) is 32.5 Å². The smallest absolute Gasteiger partial charge is 0.170 e. The van der Waals surface area contributed by atoms with Gasteiger partial charge in [-0.3, -0.25) is 4.90 Å². The number of benzene rings is 2. The van der Waals surface area contributed by atoms with E-state index >= 15 is 0 Å². The van der Waals surface area contributed by atoms with Gasteiger partial charge in [-0.1, -0.05) is 5.16 Å². The van der Waals surface area contributed by atoms with Crippen LogP contribution < -0.4 is 4.90 Å². The zero-order valence-corrected chi connectivity index (χ0v) is 16.0. The maximum Gasteiger partial charge on any atom is 0.170 e. The Morgan fingerprint density at radius 1 is 1.00 bits per heavy atom. The Morgan fingerprint density at radius 3 is 2.52 bits per heavy atom. The van der Waals surface area contributed by atoms with Crippen LogP contribution in [-0.4, -0.2) is 42.8 Å². The second kappa shape index (κ2) is 8.02. The maximum absolute atomic E-state index is 14.3. The average Bonchev–Trinajstić information content (AvgIpc) is 3.12. The highest BCUT2D eigenvalue weighted by molar-refractivity contribution is 5.79. The lowest BCUT2D eigenvalue weighted by molar-refractivity contribution is 0.253. The lowest BCUT2D eigenvalue weighted by Crippen LogP contribution is -2.47. The van der Waals surface area contributed by atoms with E-state index in [2.05, 4.69) is 10.1 Å². The van der Waals surface area contributed by atoms with Gasteiger partial charge in [-0.25, -0.2) is 17.6 Å². The summed E-state index contributed by atoms with van der Waals surface area (Å²) in [6, 6.07) is 5.32. The van der Waals surface area contributed by atoms with Gasteiger partial charge in [0, 0.05) is 49.3 Å². The molecule has 4 nitrogen and oxygen atoms in total. The van der Waals surface area contributed by atoms with Gasteiger partial charge < -0.3 is 9.42 Å². The minimum atomic E-state index is -1.13. The third-order valence-corrected chi connectivity index (χ3v) is 5.47. The summed E-state index contributed by atoms with van der Waals surface area (Å²) in [6.07, 6.45) is 1.55. The van der Waals surface area contributed by atoms with Crippen molar-refractivity contribution in [2.45, 2.75) is 19.8 Å². The van der Waals surface area contributed by atoms with E-state index in [-0.39, 0.29) is 17.1 Å².